The van der Waals surface area contributed by atoms with Gasteiger partial charge in [0.25, 0.3) is 5.69 Å². The smallest absolute Gasteiger partial charge is 0.293 e. The fourth-order valence-electron chi connectivity index (χ4n) is 2.32. The summed E-state index contributed by atoms with van der Waals surface area (Å²) in [6.45, 7) is 2.71. The van der Waals surface area contributed by atoms with Crippen molar-refractivity contribution in [2.45, 2.75) is 24.3 Å². The van der Waals surface area contributed by atoms with E-state index in [4.69, 9.17) is 5.14 Å². The SMILES string of the molecule is C[C@H]1CCSCCN1c1ccc(S(N)(=O)=O)cc1[N+](=O)[O-]. The van der Waals surface area contributed by atoms with E-state index in [0.717, 1.165) is 24.0 Å². The molecule has 1 atom stereocenters. The Labute approximate surface area is 127 Å². The highest BCUT2D eigenvalue weighted by molar-refractivity contribution is 7.99. The Morgan fingerprint density at radius 1 is 1.43 bits per heavy atom. The maximum absolute atomic E-state index is 11.4. The summed E-state index contributed by atoms with van der Waals surface area (Å²) < 4.78 is 22.7. The van der Waals surface area contributed by atoms with E-state index in [0.29, 0.717) is 12.2 Å². The van der Waals surface area contributed by atoms with Crippen LogP contribution in [0.1, 0.15) is 13.3 Å². The Hall–Kier alpha value is -1.32. The summed E-state index contributed by atoms with van der Waals surface area (Å²) >= 11 is 1.81. The molecule has 2 rings (SSSR count). The lowest BCUT2D eigenvalue weighted by atomic mass is 10.1. The zero-order valence-electron chi connectivity index (χ0n) is 11.6. The normalized spacial score (nSPS) is 20.1. The molecule has 7 nitrogen and oxygen atoms in total. The quantitative estimate of drug-likeness (QED) is 0.665. The van der Waals surface area contributed by atoms with Crippen molar-refractivity contribution in [3.8, 4) is 0 Å². The monoisotopic (exact) mass is 331 g/mol. The molecule has 1 aromatic carbocycles. The molecule has 2 N–H and O–H groups in total. The number of primary sulfonamides is 1. The minimum absolute atomic E-state index is 0.166. The number of nitrogens with two attached hydrogens (primary N) is 1. The Morgan fingerprint density at radius 2 is 2.14 bits per heavy atom. The van der Waals surface area contributed by atoms with Crippen LogP contribution in [-0.4, -0.2) is 37.4 Å². The number of hydrogen-bond acceptors (Lipinski definition) is 6. The number of sulfonamides is 1. The van der Waals surface area contributed by atoms with Crippen LogP contribution in [0.25, 0.3) is 0 Å². The van der Waals surface area contributed by atoms with E-state index in [-0.39, 0.29) is 16.6 Å². The number of nitrogens with zero attached hydrogens (tertiary/aromatic N) is 2. The molecule has 0 amide bonds. The van der Waals surface area contributed by atoms with E-state index >= 15 is 0 Å². The minimum atomic E-state index is -3.95. The molecule has 0 radical (unpaired) electrons. The van der Waals surface area contributed by atoms with Crippen LogP contribution in [0.5, 0.6) is 0 Å². The second kappa shape index (κ2) is 6.20. The molecular weight excluding hydrogens is 314 g/mol. The Bertz CT molecular complexity index is 648. The number of rotatable bonds is 3. The third kappa shape index (κ3) is 3.66. The van der Waals surface area contributed by atoms with Gasteiger partial charge in [-0.1, -0.05) is 0 Å². The fraction of sp³-hybridized carbons (Fsp3) is 0.500. The van der Waals surface area contributed by atoms with Gasteiger partial charge in [0.2, 0.25) is 10.0 Å². The van der Waals surface area contributed by atoms with Crippen LogP contribution >= 0.6 is 11.8 Å². The Balaban J connectivity index is 2.50. The van der Waals surface area contributed by atoms with Crippen LogP contribution in [0.4, 0.5) is 11.4 Å². The highest BCUT2D eigenvalue weighted by atomic mass is 32.2. The third-order valence-electron chi connectivity index (χ3n) is 3.47. The first-order valence-electron chi connectivity index (χ1n) is 6.46. The van der Waals surface area contributed by atoms with Gasteiger partial charge in [-0.05, 0) is 31.2 Å². The molecular formula is C12H17N3O4S2. The van der Waals surface area contributed by atoms with E-state index in [2.05, 4.69) is 0 Å². The van der Waals surface area contributed by atoms with Gasteiger partial charge in [0, 0.05) is 24.4 Å². The first kappa shape index (κ1) is 16.1. The summed E-state index contributed by atoms with van der Waals surface area (Å²) in [5, 5.41) is 16.3. The maximum Gasteiger partial charge on any atom is 0.293 e. The van der Waals surface area contributed by atoms with Crippen LogP contribution in [0.15, 0.2) is 23.1 Å². The molecule has 0 spiro atoms. The summed E-state index contributed by atoms with van der Waals surface area (Å²) in [6.07, 6.45) is 0.929. The van der Waals surface area contributed by atoms with E-state index in [1.165, 1.54) is 12.1 Å². The van der Waals surface area contributed by atoms with E-state index in [1.54, 1.807) is 0 Å². The number of nitro groups is 1. The molecule has 1 aromatic rings. The molecule has 0 saturated carbocycles. The summed E-state index contributed by atoms with van der Waals surface area (Å²) in [4.78, 5) is 12.4. The van der Waals surface area contributed by atoms with Crippen molar-refractivity contribution in [3.05, 3.63) is 28.3 Å². The number of hydrogen-bond donors (Lipinski definition) is 1. The van der Waals surface area contributed by atoms with Gasteiger partial charge in [-0.15, -0.1) is 0 Å². The van der Waals surface area contributed by atoms with Crippen molar-refractivity contribution in [1.82, 2.24) is 0 Å². The zero-order chi connectivity index (χ0) is 15.6. The number of thioether (sulfide) groups is 1. The van der Waals surface area contributed by atoms with Gasteiger partial charge in [-0.25, -0.2) is 13.6 Å². The van der Waals surface area contributed by atoms with Crippen LogP contribution in [0.3, 0.4) is 0 Å². The topological polar surface area (TPSA) is 107 Å². The summed E-state index contributed by atoms with van der Waals surface area (Å²) in [6, 6.07) is 4.00. The predicted molar refractivity (Wildman–Crippen MR) is 83.2 cm³/mol. The second-order valence-corrected chi connectivity index (χ2v) is 7.68. The molecule has 0 aliphatic carbocycles. The molecule has 1 aliphatic heterocycles. The number of benzene rings is 1. The average molecular weight is 331 g/mol. The van der Waals surface area contributed by atoms with Crippen LogP contribution < -0.4 is 10.0 Å². The summed E-state index contributed by atoms with van der Waals surface area (Å²) in [7, 11) is -3.95. The van der Waals surface area contributed by atoms with Gasteiger partial charge >= 0.3 is 0 Å². The van der Waals surface area contributed by atoms with Crippen molar-refractivity contribution in [2.75, 3.05) is 23.0 Å². The molecule has 21 heavy (non-hydrogen) atoms. The molecule has 0 aromatic heterocycles. The molecule has 1 fully saturated rings. The van der Waals surface area contributed by atoms with Gasteiger partial charge in [0.05, 0.1) is 9.82 Å². The van der Waals surface area contributed by atoms with Crippen molar-refractivity contribution in [3.63, 3.8) is 0 Å². The maximum atomic E-state index is 11.4. The molecule has 116 valence electrons. The largest absolute Gasteiger partial charge is 0.362 e. The highest BCUT2D eigenvalue weighted by Crippen LogP contribution is 2.33. The fourth-order valence-corrected chi connectivity index (χ4v) is 3.89. The van der Waals surface area contributed by atoms with Crippen molar-refractivity contribution < 1.29 is 13.3 Å². The average Bonchev–Trinajstić information content (AvgIpc) is 2.61. The molecule has 1 saturated heterocycles. The summed E-state index contributed by atoms with van der Waals surface area (Å²) in [5.41, 5.74) is 0.225. The van der Waals surface area contributed by atoms with Crippen LogP contribution in [-0.2, 0) is 10.0 Å². The molecule has 9 heteroatoms. The third-order valence-corrected chi connectivity index (χ3v) is 5.38. The standard InChI is InChI=1S/C12H17N3O4S2/c1-9-4-6-20-7-5-14(9)11-3-2-10(21(13,18)19)8-12(11)15(16)17/h2-3,8-9H,4-7H2,1H3,(H2,13,18,19)/t9-/m0/s1. The molecule has 1 aliphatic rings. The minimum Gasteiger partial charge on any atom is -0.362 e. The van der Waals surface area contributed by atoms with E-state index in [1.807, 2.05) is 23.6 Å². The van der Waals surface area contributed by atoms with Crippen molar-refractivity contribution in [1.29, 1.82) is 0 Å². The molecule has 0 unspecified atom stereocenters. The lowest BCUT2D eigenvalue weighted by molar-refractivity contribution is -0.384. The van der Waals surface area contributed by atoms with Gasteiger partial charge in [-0.2, -0.15) is 11.8 Å². The first-order valence-corrected chi connectivity index (χ1v) is 9.16. The first-order chi connectivity index (χ1) is 9.80. The lowest BCUT2D eigenvalue weighted by Gasteiger charge is -2.28. The van der Waals surface area contributed by atoms with Gasteiger partial charge in [-0.3, -0.25) is 10.1 Å². The van der Waals surface area contributed by atoms with E-state index in [9.17, 15) is 18.5 Å². The Morgan fingerprint density at radius 3 is 2.76 bits per heavy atom. The number of nitro benzene ring substituents is 1. The van der Waals surface area contributed by atoms with E-state index < -0.39 is 14.9 Å². The van der Waals surface area contributed by atoms with Crippen LogP contribution in [0.2, 0.25) is 0 Å². The summed E-state index contributed by atoms with van der Waals surface area (Å²) in [5.74, 6) is 1.90. The Kier molecular flexibility index (Phi) is 4.74. The lowest BCUT2D eigenvalue weighted by Crippen LogP contribution is -2.34. The zero-order valence-corrected chi connectivity index (χ0v) is 13.2. The van der Waals surface area contributed by atoms with Crippen molar-refractivity contribution >= 4 is 33.2 Å². The molecule has 1 heterocycles. The van der Waals surface area contributed by atoms with Crippen LogP contribution in [0, 0.1) is 10.1 Å². The predicted octanol–water partition coefficient (Wildman–Crippen LogP) is 1.57. The second-order valence-electron chi connectivity index (χ2n) is 4.90. The van der Waals surface area contributed by atoms with Gasteiger partial charge < -0.3 is 4.90 Å². The highest BCUT2D eigenvalue weighted by Gasteiger charge is 2.26. The molecule has 0 bridgehead atoms. The van der Waals surface area contributed by atoms with Gasteiger partial charge in [0.15, 0.2) is 0 Å². The van der Waals surface area contributed by atoms with Crippen molar-refractivity contribution in [2.24, 2.45) is 5.14 Å². The number of anilines is 1. The van der Waals surface area contributed by atoms with Gasteiger partial charge in [0.1, 0.15) is 5.69 Å².